The van der Waals surface area contributed by atoms with Crippen LogP contribution in [0.3, 0.4) is 0 Å². The van der Waals surface area contributed by atoms with Crippen molar-refractivity contribution in [1.82, 2.24) is 15.5 Å². The number of rotatable bonds is 10. The Labute approximate surface area is 275 Å². The fourth-order valence-corrected chi connectivity index (χ4v) is 7.07. The van der Waals surface area contributed by atoms with Gasteiger partial charge >= 0.3 is 0 Å². The third-order valence-corrected chi connectivity index (χ3v) is 9.37. The number of carbonyl (C=O) groups is 2. The van der Waals surface area contributed by atoms with Crippen LogP contribution in [0.2, 0.25) is 15.1 Å². The Kier molecular flexibility index (Phi) is 10.8. The second-order valence-corrected chi connectivity index (χ2v) is 12.8. The first-order valence-electron chi connectivity index (χ1n) is 14.2. The van der Waals surface area contributed by atoms with E-state index in [1.54, 1.807) is 36.4 Å². The second kappa shape index (κ2) is 14.8. The van der Waals surface area contributed by atoms with Crippen molar-refractivity contribution >= 4 is 58.0 Å². The van der Waals surface area contributed by atoms with Crippen molar-refractivity contribution in [1.29, 1.82) is 0 Å². The van der Waals surface area contributed by atoms with Gasteiger partial charge in [-0.05, 0) is 60.4 Å². The summed E-state index contributed by atoms with van der Waals surface area (Å²) in [6.07, 6.45) is 1.55. The maximum absolute atomic E-state index is 14.2. The summed E-state index contributed by atoms with van der Waals surface area (Å²) < 4.78 is 19.6. The highest BCUT2D eigenvalue weighted by Crippen LogP contribution is 2.50. The minimum absolute atomic E-state index is 0.131. The van der Waals surface area contributed by atoms with Crippen LogP contribution in [0.25, 0.3) is 21.6 Å². The van der Waals surface area contributed by atoms with Crippen LogP contribution in [0, 0.1) is 5.82 Å². The smallest absolute Gasteiger partial charge is 0.267 e. The molecule has 0 radical (unpaired) electrons. The molecule has 0 saturated carbocycles. The van der Waals surface area contributed by atoms with E-state index in [4.69, 9.17) is 39.5 Å². The normalized spacial score (nSPS) is 13.6. The Morgan fingerprint density at radius 1 is 0.977 bits per heavy atom. The number of nitrogens with one attached hydrogen (secondary N) is 2. The molecule has 0 unspecified atom stereocenters. The number of benzene rings is 3. The molecule has 11 heteroatoms. The Morgan fingerprint density at radius 2 is 1.66 bits per heavy atom. The molecule has 4 aromatic rings. The minimum Gasteiger partial charge on any atom is -0.489 e. The quantitative estimate of drug-likeness (QED) is 0.167. The van der Waals surface area contributed by atoms with E-state index in [9.17, 15) is 14.0 Å². The Balaban J connectivity index is 1.44. The minimum atomic E-state index is -0.256. The first kappa shape index (κ1) is 32.3. The monoisotopic (exact) mass is 673 g/mol. The van der Waals surface area contributed by atoms with Gasteiger partial charge in [-0.1, -0.05) is 65.1 Å². The number of halogens is 4. The van der Waals surface area contributed by atoms with Crippen molar-refractivity contribution in [3.05, 3.63) is 98.1 Å². The number of hydrogen-bond acceptors (Lipinski definition) is 5. The summed E-state index contributed by atoms with van der Waals surface area (Å²) in [5.41, 5.74) is 3.26. The lowest BCUT2D eigenvalue weighted by Crippen LogP contribution is -2.44. The second-order valence-electron chi connectivity index (χ2n) is 10.5. The van der Waals surface area contributed by atoms with Crippen LogP contribution in [-0.2, 0) is 11.3 Å². The van der Waals surface area contributed by atoms with E-state index in [1.165, 1.54) is 30.4 Å². The van der Waals surface area contributed by atoms with Crippen LogP contribution in [0.1, 0.15) is 35.0 Å². The van der Waals surface area contributed by atoms with Gasteiger partial charge in [-0.25, -0.2) is 4.39 Å². The zero-order valence-electron chi connectivity index (χ0n) is 24.0. The average Bonchev–Trinajstić information content (AvgIpc) is 3.38. The molecule has 2 heterocycles. The zero-order chi connectivity index (χ0) is 31.2. The fraction of sp³-hybridized carbons (Fsp3) is 0.273. The first-order chi connectivity index (χ1) is 21.2. The Hall–Kier alpha value is -3.14. The first-order valence-corrected chi connectivity index (χ1v) is 16.2. The molecule has 230 valence electrons. The number of nitrogens with zero attached hydrogens (tertiary/aromatic N) is 1. The summed E-state index contributed by atoms with van der Waals surface area (Å²) in [5.74, 6) is -0.121. The standard InChI is InChI=1S/C33H31Cl3FN3O3S/c1-20(41)38-14-17-43-30-29(22-4-6-23(34)7-5-22)31(27-11-8-24(35)18-28(27)36)44-32(30)33(42)40-15-12-26(13-16-40)39-19-21-2-9-25(37)10-3-21/h2-11,18,26,39H,12-17,19H2,1H3,(H,38,41). The topological polar surface area (TPSA) is 70.7 Å². The van der Waals surface area contributed by atoms with Crippen LogP contribution in [0.4, 0.5) is 4.39 Å². The number of likely N-dealkylation sites (tertiary alicyclic amines) is 1. The van der Waals surface area contributed by atoms with Gasteiger partial charge in [0.05, 0.1) is 11.6 Å². The van der Waals surface area contributed by atoms with E-state index in [-0.39, 0.29) is 36.8 Å². The summed E-state index contributed by atoms with van der Waals surface area (Å²) in [5, 5.41) is 7.81. The van der Waals surface area contributed by atoms with Gasteiger partial charge in [-0.15, -0.1) is 11.3 Å². The predicted octanol–water partition coefficient (Wildman–Crippen LogP) is 8.09. The van der Waals surface area contributed by atoms with Crippen molar-refractivity contribution in [2.75, 3.05) is 26.2 Å². The molecule has 1 fully saturated rings. The molecule has 6 nitrogen and oxygen atoms in total. The van der Waals surface area contributed by atoms with Crippen molar-refractivity contribution < 1.29 is 18.7 Å². The molecule has 2 N–H and O–H groups in total. The van der Waals surface area contributed by atoms with Crippen molar-refractivity contribution in [3.63, 3.8) is 0 Å². The van der Waals surface area contributed by atoms with Gasteiger partial charge in [-0.3, -0.25) is 9.59 Å². The van der Waals surface area contributed by atoms with E-state index >= 15 is 0 Å². The third-order valence-electron chi connectivity index (χ3n) is 7.38. The van der Waals surface area contributed by atoms with E-state index in [2.05, 4.69) is 10.6 Å². The van der Waals surface area contributed by atoms with Crippen molar-refractivity contribution in [3.8, 4) is 27.3 Å². The summed E-state index contributed by atoms with van der Waals surface area (Å²) in [7, 11) is 0. The van der Waals surface area contributed by atoms with Crippen LogP contribution in [0.15, 0.2) is 66.7 Å². The largest absolute Gasteiger partial charge is 0.489 e. The van der Waals surface area contributed by atoms with Gasteiger partial charge in [0.1, 0.15) is 17.3 Å². The van der Waals surface area contributed by atoms with Crippen molar-refractivity contribution in [2.24, 2.45) is 0 Å². The van der Waals surface area contributed by atoms with E-state index < -0.39 is 0 Å². The molecule has 5 rings (SSSR count). The van der Waals surface area contributed by atoms with E-state index in [1.807, 2.05) is 23.1 Å². The molecule has 0 atom stereocenters. The molecule has 1 aliphatic heterocycles. The molecular formula is C33H31Cl3FN3O3S. The number of amides is 2. The lowest BCUT2D eigenvalue weighted by atomic mass is 10.0. The molecule has 2 amide bonds. The fourth-order valence-electron chi connectivity index (χ4n) is 5.11. The highest BCUT2D eigenvalue weighted by Gasteiger charge is 2.31. The summed E-state index contributed by atoms with van der Waals surface area (Å²) in [4.78, 5) is 28.7. The van der Waals surface area contributed by atoms with Gasteiger partial charge in [0, 0.05) is 58.6 Å². The van der Waals surface area contributed by atoms with Gasteiger partial charge in [0.15, 0.2) is 5.75 Å². The number of piperidine rings is 1. The van der Waals surface area contributed by atoms with E-state index in [0.29, 0.717) is 45.3 Å². The molecule has 0 bridgehead atoms. The van der Waals surface area contributed by atoms with Crippen LogP contribution < -0.4 is 15.4 Å². The van der Waals surface area contributed by atoms with Gasteiger partial charge in [0.2, 0.25) is 5.91 Å². The van der Waals surface area contributed by atoms with Gasteiger partial charge < -0.3 is 20.3 Å². The molecule has 0 spiro atoms. The van der Waals surface area contributed by atoms with Gasteiger partial charge in [-0.2, -0.15) is 0 Å². The summed E-state index contributed by atoms with van der Waals surface area (Å²) in [6.45, 7) is 3.65. The number of carbonyl (C=O) groups excluding carboxylic acids is 2. The number of ether oxygens (including phenoxy) is 1. The number of hydrogen-bond donors (Lipinski definition) is 2. The van der Waals surface area contributed by atoms with Crippen LogP contribution in [0.5, 0.6) is 5.75 Å². The molecule has 1 saturated heterocycles. The zero-order valence-corrected chi connectivity index (χ0v) is 27.1. The Morgan fingerprint density at radius 3 is 2.32 bits per heavy atom. The maximum Gasteiger partial charge on any atom is 0.267 e. The molecule has 1 aromatic heterocycles. The molecule has 44 heavy (non-hydrogen) atoms. The highest BCUT2D eigenvalue weighted by molar-refractivity contribution is 7.18. The highest BCUT2D eigenvalue weighted by atomic mass is 35.5. The van der Waals surface area contributed by atoms with Crippen LogP contribution >= 0.6 is 46.1 Å². The predicted molar refractivity (Wildman–Crippen MR) is 177 cm³/mol. The third kappa shape index (κ3) is 7.92. The molecule has 3 aromatic carbocycles. The van der Waals surface area contributed by atoms with Crippen LogP contribution in [-0.4, -0.2) is 49.0 Å². The Bertz CT molecular complexity index is 1620. The molecule has 1 aliphatic rings. The maximum atomic E-state index is 14.2. The van der Waals surface area contributed by atoms with Crippen molar-refractivity contribution in [2.45, 2.75) is 32.4 Å². The molecular weight excluding hydrogens is 644 g/mol. The lowest BCUT2D eigenvalue weighted by Gasteiger charge is -2.32. The number of thiophene rings is 1. The SMILES string of the molecule is CC(=O)NCCOc1c(C(=O)N2CCC(NCc3ccc(F)cc3)CC2)sc(-c2ccc(Cl)cc2Cl)c1-c1ccc(Cl)cc1. The van der Waals surface area contributed by atoms with E-state index in [0.717, 1.165) is 40.0 Å². The average molecular weight is 675 g/mol. The molecule has 0 aliphatic carbocycles. The summed E-state index contributed by atoms with van der Waals surface area (Å²) >= 11 is 20.4. The summed E-state index contributed by atoms with van der Waals surface area (Å²) in [6, 6.07) is 19.3. The lowest BCUT2D eigenvalue weighted by molar-refractivity contribution is -0.119. The van der Waals surface area contributed by atoms with Gasteiger partial charge in [0.25, 0.3) is 5.91 Å².